The molecule has 0 saturated carbocycles. The largest absolute Gasteiger partial charge is 0.465 e. The minimum atomic E-state index is -3.88. The van der Waals surface area contributed by atoms with E-state index >= 15 is 0 Å². The van der Waals surface area contributed by atoms with E-state index < -0.39 is 27.9 Å². The van der Waals surface area contributed by atoms with E-state index in [4.69, 9.17) is 4.18 Å². The van der Waals surface area contributed by atoms with Gasteiger partial charge in [0.2, 0.25) is 0 Å². The van der Waals surface area contributed by atoms with Crippen molar-refractivity contribution in [2.75, 3.05) is 12.4 Å². The highest BCUT2D eigenvalue weighted by Gasteiger charge is 2.21. The van der Waals surface area contributed by atoms with Crippen LogP contribution in [0.5, 0.6) is 0 Å². The number of hydrogen-bond donors (Lipinski definition) is 0. The normalized spacial score (nSPS) is 12.9. The Morgan fingerprint density at radius 1 is 1.25 bits per heavy atom. The quantitative estimate of drug-likeness (QED) is 0.542. The number of esters is 1. The fourth-order valence-corrected chi connectivity index (χ4v) is 2.73. The third-order valence-electron chi connectivity index (χ3n) is 2.59. The van der Waals surface area contributed by atoms with Crippen LogP contribution in [0, 0.1) is 0 Å². The molecule has 112 valence electrons. The lowest BCUT2D eigenvalue weighted by Crippen LogP contribution is -2.24. The van der Waals surface area contributed by atoms with Gasteiger partial charge in [-0.2, -0.15) is 8.42 Å². The van der Waals surface area contributed by atoms with Crippen molar-refractivity contribution in [1.82, 2.24) is 0 Å². The van der Waals surface area contributed by atoms with Crippen molar-refractivity contribution in [2.24, 2.45) is 0 Å². The first-order valence-electron chi connectivity index (χ1n) is 6.53. The molecule has 0 aliphatic carbocycles. The van der Waals surface area contributed by atoms with Crippen LogP contribution in [-0.4, -0.2) is 32.9 Å². The van der Waals surface area contributed by atoms with Crippen LogP contribution in [0.1, 0.15) is 25.8 Å². The molecule has 0 N–H and O–H groups in total. The molecule has 5 nitrogen and oxygen atoms in total. The first-order valence-corrected chi connectivity index (χ1v) is 8.11. The Morgan fingerprint density at radius 3 is 2.50 bits per heavy atom. The smallest absolute Gasteiger partial charge is 0.323 e. The Morgan fingerprint density at radius 2 is 1.90 bits per heavy atom. The fraction of sp³-hybridized carbons (Fsp3) is 0.500. The zero-order valence-corrected chi connectivity index (χ0v) is 12.6. The SMILES string of the molecule is CCOC(=O)CS(=O)(=O)OC(C)CCc1ccccc1. The third kappa shape index (κ3) is 6.68. The first-order chi connectivity index (χ1) is 9.43. The average molecular weight is 300 g/mol. The lowest BCUT2D eigenvalue weighted by Gasteiger charge is -2.12. The van der Waals surface area contributed by atoms with Gasteiger partial charge in [-0.05, 0) is 32.3 Å². The Labute approximate surface area is 120 Å². The van der Waals surface area contributed by atoms with Crippen LogP contribution < -0.4 is 0 Å². The van der Waals surface area contributed by atoms with E-state index in [1.54, 1.807) is 13.8 Å². The van der Waals surface area contributed by atoms with E-state index in [0.29, 0.717) is 6.42 Å². The van der Waals surface area contributed by atoms with Gasteiger partial charge in [0.15, 0.2) is 5.75 Å². The van der Waals surface area contributed by atoms with Gasteiger partial charge in [0.25, 0.3) is 10.1 Å². The minimum absolute atomic E-state index is 0.151. The van der Waals surface area contributed by atoms with E-state index in [9.17, 15) is 13.2 Å². The summed E-state index contributed by atoms with van der Waals surface area (Å²) in [5.41, 5.74) is 1.12. The second-order valence-corrected chi connectivity index (χ2v) is 6.03. The van der Waals surface area contributed by atoms with Crippen LogP contribution >= 0.6 is 0 Å². The molecule has 1 atom stereocenters. The predicted octanol–water partition coefficient (Wildman–Crippen LogP) is 1.92. The zero-order valence-electron chi connectivity index (χ0n) is 11.7. The number of hydrogen-bond acceptors (Lipinski definition) is 5. The molecule has 0 spiro atoms. The van der Waals surface area contributed by atoms with Gasteiger partial charge < -0.3 is 4.74 Å². The van der Waals surface area contributed by atoms with E-state index in [2.05, 4.69) is 4.74 Å². The molecule has 1 unspecified atom stereocenters. The molecule has 0 bridgehead atoms. The van der Waals surface area contributed by atoms with Crippen molar-refractivity contribution in [3.05, 3.63) is 35.9 Å². The van der Waals surface area contributed by atoms with E-state index in [1.165, 1.54) is 0 Å². The van der Waals surface area contributed by atoms with Crippen molar-refractivity contribution < 1.29 is 22.1 Å². The first kappa shape index (κ1) is 16.7. The second-order valence-electron chi connectivity index (χ2n) is 4.44. The third-order valence-corrected chi connectivity index (χ3v) is 3.80. The van der Waals surface area contributed by atoms with Crippen LogP contribution in [-0.2, 0) is 30.3 Å². The summed E-state index contributed by atoms with van der Waals surface area (Å²) in [7, 11) is -3.88. The van der Waals surface area contributed by atoms with E-state index in [0.717, 1.165) is 12.0 Å². The number of ether oxygens (including phenoxy) is 1. The van der Waals surface area contributed by atoms with Crippen molar-refractivity contribution in [2.45, 2.75) is 32.8 Å². The molecule has 20 heavy (non-hydrogen) atoms. The second kappa shape index (κ2) is 8.01. The van der Waals surface area contributed by atoms with Gasteiger partial charge in [0.1, 0.15) is 0 Å². The van der Waals surface area contributed by atoms with Crippen molar-refractivity contribution >= 4 is 16.1 Å². The lowest BCUT2D eigenvalue weighted by molar-refractivity contribution is -0.140. The highest BCUT2D eigenvalue weighted by molar-refractivity contribution is 7.87. The molecule has 1 rings (SSSR count). The Kier molecular flexibility index (Phi) is 6.67. The standard InChI is InChI=1S/C14H20O5S/c1-3-18-14(15)11-20(16,17)19-12(2)9-10-13-7-5-4-6-8-13/h4-8,12H,3,9-11H2,1-2H3. The fourth-order valence-electron chi connectivity index (χ4n) is 1.69. The molecular formula is C14H20O5S. The number of carbonyl (C=O) groups excluding carboxylic acids is 1. The summed E-state index contributed by atoms with van der Waals surface area (Å²) in [6, 6.07) is 9.73. The summed E-state index contributed by atoms with van der Waals surface area (Å²) in [6.45, 7) is 3.44. The molecule has 1 aromatic rings. The molecule has 0 heterocycles. The predicted molar refractivity (Wildman–Crippen MR) is 75.7 cm³/mol. The number of benzene rings is 1. The van der Waals surface area contributed by atoms with Gasteiger partial charge in [-0.15, -0.1) is 0 Å². The Bertz CT molecular complexity index is 510. The molecule has 0 aliphatic rings. The molecule has 6 heteroatoms. The zero-order chi connectivity index (χ0) is 15.0. The molecule has 0 amide bonds. The van der Waals surface area contributed by atoms with Crippen LogP contribution in [0.2, 0.25) is 0 Å². The van der Waals surface area contributed by atoms with Gasteiger partial charge in [-0.1, -0.05) is 30.3 Å². The highest BCUT2D eigenvalue weighted by Crippen LogP contribution is 2.10. The maximum absolute atomic E-state index is 11.6. The molecule has 0 aromatic heterocycles. The average Bonchev–Trinajstić information content (AvgIpc) is 2.36. The number of rotatable bonds is 8. The summed E-state index contributed by atoms with van der Waals surface area (Å²) in [4.78, 5) is 11.1. The highest BCUT2D eigenvalue weighted by atomic mass is 32.2. The van der Waals surface area contributed by atoms with Crippen molar-refractivity contribution in [3.63, 3.8) is 0 Å². The molecule has 0 fully saturated rings. The maximum Gasteiger partial charge on any atom is 0.323 e. The van der Waals surface area contributed by atoms with Gasteiger partial charge in [-0.3, -0.25) is 8.98 Å². The summed E-state index contributed by atoms with van der Waals surface area (Å²) in [5, 5.41) is 0. The van der Waals surface area contributed by atoms with E-state index in [-0.39, 0.29) is 6.61 Å². The van der Waals surface area contributed by atoms with Crippen molar-refractivity contribution in [1.29, 1.82) is 0 Å². The van der Waals surface area contributed by atoms with Crippen LogP contribution in [0.4, 0.5) is 0 Å². The topological polar surface area (TPSA) is 69.7 Å². The minimum Gasteiger partial charge on any atom is -0.465 e. The molecule has 0 saturated heterocycles. The summed E-state index contributed by atoms with van der Waals surface area (Å²) >= 11 is 0. The van der Waals surface area contributed by atoms with Gasteiger partial charge in [0.05, 0.1) is 12.7 Å². The van der Waals surface area contributed by atoms with Crippen LogP contribution in [0.25, 0.3) is 0 Å². The molecular weight excluding hydrogens is 280 g/mol. The van der Waals surface area contributed by atoms with Gasteiger partial charge in [-0.25, -0.2) is 0 Å². The Hall–Kier alpha value is -1.40. The van der Waals surface area contributed by atoms with Crippen LogP contribution in [0.3, 0.4) is 0 Å². The molecule has 1 aromatic carbocycles. The van der Waals surface area contributed by atoms with Gasteiger partial charge in [0, 0.05) is 0 Å². The number of aryl methyl sites for hydroxylation is 1. The number of carbonyl (C=O) groups is 1. The van der Waals surface area contributed by atoms with Gasteiger partial charge >= 0.3 is 5.97 Å². The molecule has 0 radical (unpaired) electrons. The Balaban J connectivity index is 2.41. The summed E-state index contributed by atoms with van der Waals surface area (Å²) in [5.74, 6) is -1.53. The molecule has 0 aliphatic heterocycles. The summed E-state index contributed by atoms with van der Waals surface area (Å²) in [6.07, 6.45) is 0.804. The summed E-state index contributed by atoms with van der Waals surface area (Å²) < 4.78 is 32.8. The lowest BCUT2D eigenvalue weighted by atomic mass is 10.1. The monoisotopic (exact) mass is 300 g/mol. The van der Waals surface area contributed by atoms with Crippen molar-refractivity contribution in [3.8, 4) is 0 Å². The van der Waals surface area contributed by atoms with Crippen LogP contribution in [0.15, 0.2) is 30.3 Å². The van der Waals surface area contributed by atoms with E-state index in [1.807, 2.05) is 30.3 Å². The maximum atomic E-state index is 11.6.